The molecular formula is C17H16ClNO5. The van der Waals surface area contributed by atoms with Crippen LogP contribution in [-0.4, -0.2) is 30.7 Å². The first-order valence-corrected chi connectivity index (χ1v) is 7.42. The summed E-state index contributed by atoms with van der Waals surface area (Å²) in [6.45, 7) is -0.485. The van der Waals surface area contributed by atoms with Crippen LogP contribution >= 0.6 is 11.6 Å². The Morgan fingerprint density at radius 3 is 2.67 bits per heavy atom. The van der Waals surface area contributed by atoms with Crippen LogP contribution in [-0.2, 0) is 16.0 Å². The zero-order valence-corrected chi connectivity index (χ0v) is 13.7. The van der Waals surface area contributed by atoms with E-state index in [0.29, 0.717) is 11.4 Å². The van der Waals surface area contributed by atoms with Crippen LogP contribution in [0, 0.1) is 0 Å². The lowest BCUT2D eigenvalue weighted by Gasteiger charge is -2.09. The minimum absolute atomic E-state index is 0.187. The monoisotopic (exact) mass is 349 g/mol. The van der Waals surface area contributed by atoms with Gasteiger partial charge in [0.15, 0.2) is 6.61 Å². The van der Waals surface area contributed by atoms with E-state index < -0.39 is 12.6 Å². The summed E-state index contributed by atoms with van der Waals surface area (Å²) in [6.07, 6.45) is 0.187. The molecule has 1 amide bonds. The first kappa shape index (κ1) is 17.6. The SMILES string of the molecule is COc1cccc(CC(=O)Nc2ccc(OCC(=O)O)c(Cl)c2)c1. The fourth-order valence-electron chi connectivity index (χ4n) is 2.01. The summed E-state index contributed by atoms with van der Waals surface area (Å²) in [5.74, 6) is -0.381. The van der Waals surface area contributed by atoms with E-state index in [2.05, 4.69) is 5.32 Å². The van der Waals surface area contributed by atoms with Crippen LogP contribution in [0.5, 0.6) is 11.5 Å². The van der Waals surface area contributed by atoms with Gasteiger partial charge in [-0.1, -0.05) is 23.7 Å². The highest BCUT2D eigenvalue weighted by molar-refractivity contribution is 6.32. The van der Waals surface area contributed by atoms with E-state index in [9.17, 15) is 9.59 Å². The second-order valence-electron chi connectivity index (χ2n) is 4.90. The lowest BCUT2D eigenvalue weighted by Crippen LogP contribution is -2.14. The van der Waals surface area contributed by atoms with Crippen LogP contribution in [0.4, 0.5) is 5.69 Å². The quantitative estimate of drug-likeness (QED) is 0.802. The molecule has 0 fully saturated rings. The van der Waals surface area contributed by atoms with Crippen molar-refractivity contribution in [1.29, 1.82) is 0 Å². The third-order valence-electron chi connectivity index (χ3n) is 3.07. The Bertz CT molecular complexity index is 748. The molecule has 6 nitrogen and oxygen atoms in total. The molecule has 2 N–H and O–H groups in total. The molecule has 0 aliphatic rings. The first-order valence-electron chi connectivity index (χ1n) is 7.05. The van der Waals surface area contributed by atoms with Crippen molar-refractivity contribution in [3.05, 3.63) is 53.1 Å². The number of ether oxygens (including phenoxy) is 2. The van der Waals surface area contributed by atoms with E-state index in [0.717, 1.165) is 5.56 Å². The average molecular weight is 350 g/mol. The van der Waals surface area contributed by atoms with Crippen molar-refractivity contribution in [2.24, 2.45) is 0 Å². The maximum absolute atomic E-state index is 12.1. The molecule has 24 heavy (non-hydrogen) atoms. The number of aliphatic carboxylic acids is 1. The number of carbonyl (C=O) groups excluding carboxylic acids is 1. The number of anilines is 1. The first-order chi connectivity index (χ1) is 11.5. The van der Waals surface area contributed by atoms with Gasteiger partial charge in [-0.2, -0.15) is 0 Å². The molecule has 0 spiro atoms. The van der Waals surface area contributed by atoms with Gasteiger partial charge in [0.25, 0.3) is 0 Å². The van der Waals surface area contributed by atoms with Crippen molar-refractivity contribution in [2.45, 2.75) is 6.42 Å². The van der Waals surface area contributed by atoms with Gasteiger partial charge < -0.3 is 19.9 Å². The summed E-state index contributed by atoms with van der Waals surface area (Å²) >= 11 is 6.01. The Morgan fingerprint density at radius 2 is 2.00 bits per heavy atom. The van der Waals surface area contributed by atoms with E-state index in [1.807, 2.05) is 12.1 Å². The summed E-state index contributed by atoms with van der Waals surface area (Å²) < 4.78 is 10.1. The third-order valence-corrected chi connectivity index (χ3v) is 3.36. The molecule has 2 rings (SSSR count). The predicted molar refractivity (Wildman–Crippen MR) is 89.9 cm³/mol. The van der Waals surface area contributed by atoms with Gasteiger partial charge in [0, 0.05) is 5.69 Å². The molecule has 0 aliphatic heterocycles. The molecule has 2 aromatic carbocycles. The second kappa shape index (κ2) is 8.21. The summed E-state index contributed by atoms with van der Waals surface area (Å²) in [4.78, 5) is 22.6. The van der Waals surface area contributed by atoms with E-state index in [-0.39, 0.29) is 23.1 Å². The number of hydrogen-bond acceptors (Lipinski definition) is 4. The van der Waals surface area contributed by atoms with Crippen molar-refractivity contribution in [2.75, 3.05) is 19.0 Å². The molecule has 0 bridgehead atoms. The molecule has 7 heteroatoms. The van der Waals surface area contributed by atoms with Gasteiger partial charge in [-0.05, 0) is 35.9 Å². The lowest BCUT2D eigenvalue weighted by atomic mass is 10.1. The number of rotatable bonds is 7. The number of nitrogens with one attached hydrogen (secondary N) is 1. The smallest absolute Gasteiger partial charge is 0.341 e. The molecule has 0 saturated carbocycles. The van der Waals surface area contributed by atoms with Crippen LogP contribution in [0.3, 0.4) is 0 Å². The number of benzene rings is 2. The molecule has 0 aliphatic carbocycles. The Hall–Kier alpha value is -2.73. The van der Waals surface area contributed by atoms with Gasteiger partial charge in [0.2, 0.25) is 5.91 Å². The summed E-state index contributed by atoms with van der Waals surface area (Å²) in [5, 5.41) is 11.5. The highest BCUT2D eigenvalue weighted by atomic mass is 35.5. The van der Waals surface area contributed by atoms with Gasteiger partial charge in [-0.15, -0.1) is 0 Å². The van der Waals surface area contributed by atoms with Crippen molar-refractivity contribution in [3.63, 3.8) is 0 Å². The second-order valence-corrected chi connectivity index (χ2v) is 5.31. The minimum atomic E-state index is -1.10. The summed E-state index contributed by atoms with van der Waals surface area (Å²) in [5.41, 5.74) is 1.31. The topological polar surface area (TPSA) is 84.9 Å². The van der Waals surface area contributed by atoms with Crippen LogP contribution < -0.4 is 14.8 Å². The third kappa shape index (κ3) is 5.17. The number of carboxylic acid groups (broad SMARTS) is 1. The van der Waals surface area contributed by atoms with Crippen LogP contribution in [0.25, 0.3) is 0 Å². The van der Waals surface area contributed by atoms with Gasteiger partial charge in [0.1, 0.15) is 11.5 Å². The largest absolute Gasteiger partial charge is 0.497 e. The van der Waals surface area contributed by atoms with E-state index in [1.54, 1.807) is 25.3 Å². The van der Waals surface area contributed by atoms with Crippen molar-refractivity contribution < 1.29 is 24.2 Å². The Kier molecular flexibility index (Phi) is 6.03. The molecule has 0 atom stereocenters. The van der Waals surface area contributed by atoms with Gasteiger partial charge in [0.05, 0.1) is 18.6 Å². The van der Waals surface area contributed by atoms with Gasteiger partial charge in [-0.25, -0.2) is 4.79 Å². The number of hydrogen-bond donors (Lipinski definition) is 2. The number of amides is 1. The van der Waals surface area contributed by atoms with Crippen molar-refractivity contribution in [1.82, 2.24) is 0 Å². The van der Waals surface area contributed by atoms with Crippen LogP contribution in [0.2, 0.25) is 5.02 Å². The predicted octanol–water partition coefficient (Wildman–Crippen LogP) is 2.99. The zero-order chi connectivity index (χ0) is 17.5. The standard InChI is InChI=1S/C17H16ClNO5/c1-23-13-4-2-3-11(7-13)8-16(20)19-12-5-6-15(14(18)9-12)24-10-17(21)22/h2-7,9H,8,10H2,1H3,(H,19,20)(H,21,22). The van der Waals surface area contributed by atoms with Gasteiger partial charge >= 0.3 is 5.97 Å². The number of carboxylic acids is 1. The summed E-state index contributed by atoms with van der Waals surface area (Å²) in [6, 6.07) is 11.8. The van der Waals surface area contributed by atoms with E-state index in [1.165, 1.54) is 12.1 Å². The molecule has 0 radical (unpaired) electrons. The highest BCUT2D eigenvalue weighted by Gasteiger charge is 2.09. The van der Waals surface area contributed by atoms with Crippen molar-refractivity contribution in [3.8, 4) is 11.5 Å². The maximum Gasteiger partial charge on any atom is 0.341 e. The minimum Gasteiger partial charge on any atom is -0.497 e. The Morgan fingerprint density at radius 1 is 1.21 bits per heavy atom. The van der Waals surface area contributed by atoms with Gasteiger partial charge in [-0.3, -0.25) is 4.79 Å². The fourth-order valence-corrected chi connectivity index (χ4v) is 2.24. The Labute approximate surface area is 144 Å². The molecule has 0 aromatic heterocycles. The molecule has 0 unspecified atom stereocenters. The fraction of sp³-hybridized carbons (Fsp3) is 0.176. The van der Waals surface area contributed by atoms with Crippen LogP contribution in [0.15, 0.2) is 42.5 Å². The Balaban J connectivity index is 1.98. The number of carbonyl (C=O) groups is 2. The maximum atomic E-state index is 12.1. The molecule has 0 heterocycles. The molecule has 2 aromatic rings. The number of methoxy groups -OCH3 is 1. The van der Waals surface area contributed by atoms with E-state index in [4.69, 9.17) is 26.2 Å². The zero-order valence-electron chi connectivity index (χ0n) is 12.9. The summed E-state index contributed by atoms with van der Waals surface area (Å²) in [7, 11) is 1.56. The number of halogens is 1. The van der Waals surface area contributed by atoms with E-state index >= 15 is 0 Å². The molecular weight excluding hydrogens is 334 g/mol. The lowest BCUT2D eigenvalue weighted by molar-refractivity contribution is -0.139. The van der Waals surface area contributed by atoms with Crippen LogP contribution in [0.1, 0.15) is 5.56 Å². The molecule has 126 valence electrons. The van der Waals surface area contributed by atoms with Crippen molar-refractivity contribution >= 4 is 29.2 Å². The normalized spacial score (nSPS) is 10.1. The molecule has 0 saturated heterocycles. The average Bonchev–Trinajstić information content (AvgIpc) is 2.54. The highest BCUT2D eigenvalue weighted by Crippen LogP contribution is 2.27.